The van der Waals surface area contributed by atoms with E-state index in [9.17, 15) is 0 Å². The van der Waals surface area contributed by atoms with Crippen LogP contribution in [0.5, 0.6) is 0 Å². The standard InChI is InChI=1S/C64H64N2/c1-61(2,3)59-51-35-31-43(65(41-21-13-11-14-22-41)45-29-33-49-47-25-17-19-27-55(47)63(7,8)57(49)39-45)37-53(51)60(62(4,5)6)54-38-44(32-36-52(54)59)66(42-23-15-12-16-24-42)46-30-34-50-48-26-18-20-28-56(48)64(9,10)58(50)40-46/h11,13-15,17-19,21-27,29-40H,12,16,20,28H2,1-10H3. The molecule has 7 aromatic carbocycles. The summed E-state index contributed by atoms with van der Waals surface area (Å²) >= 11 is 0. The Hall–Kier alpha value is -6.38. The summed E-state index contributed by atoms with van der Waals surface area (Å²) in [6.45, 7) is 24.0. The van der Waals surface area contributed by atoms with E-state index in [0.717, 1.165) is 37.1 Å². The molecule has 0 spiro atoms. The summed E-state index contributed by atoms with van der Waals surface area (Å²) in [7, 11) is 0. The number of nitrogens with zero attached hydrogens (tertiary/aromatic N) is 2. The molecule has 2 nitrogen and oxygen atoms in total. The van der Waals surface area contributed by atoms with E-state index < -0.39 is 0 Å². The average Bonchev–Trinajstić information content (AvgIpc) is 3.67. The van der Waals surface area contributed by atoms with Crippen molar-refractivity contribution < 1.29 is 0 Å². The van der Waals surface area contributed by atoms with Crippen LogP contribution < -0.4 is 9.80 Å². The second-order valence-corrected chi connectivity index (χ2v) is 22.4. The topological polar surface area (TPSA) is 6.48 Å². The first-order chi connectivity index (χ1) is 31.5. The predicted octanol–water partition coefficient (Wildman–Crippen LogP) is 18.1. The molecule has 0 amide bonds. The predicted molar refractivity (Wildman–Crippen MR) is 284 cm³/mol. The molecule has 66 heavy (non-hydrogen) atoms. The van der Waals surface area contributed by atoms with Gasteiger partial charge in [-0.15, -0.1) is 0 Å². The summed E-state index contributed by atoms with van der Waals surface area (Å²) in [5.41, 5.74) is 20.8. The highest BCUT2D eigenvalue weighted by atomic mass is 15.2. The van der Waals surface area contributed by atoms with Crippen molar-refractivity contribution in [1.29, 1.82) is 0 Å². The Morgan fingerprint density at radius 3 is 1.61 bits per heavy atom. The maximum Gasteiger partial charge on any atom is 0.0468 e. The molecule has 0 heterocycles. The van der Waals surface area contributed by atoms with E-state index in [0.29, 0.717) is 0 Å². The van der Waals surface area contributed by atoms with Crippen molar-refractivity contribution in [2.24, 2.45) is 0 Å². The molecular formula is C64H64N2. The van der Waals surface area contributed by atoms with E-state index in [-0.39, 0.29) is 21.7 Å². The molecule has 11 rings (SSSR count). The molecule has 0 aromatic heterocycles. The van der Waals surface area contributed by atoms with Crippen molar-refractivity contribution in [2.75, 3.05) is 9.80 Å². The average molecular weight is 861 g/mol. The number of allylic oxidation sites excluding steroid dienone is 7. The molecule has 0 bridgehead atoms. The van der Waals surface area contributed by atoms with Crippen molar-refractivity contribution in [3.05, 3.63) is 202 Å². The number of benzene rings is 7. The zero-order chi connectivity index (χ0) is 45.9. The van der Waals surface area contributed by atoms with Gasteiger partial charge in [-0.05, 0) is 175 Å². The van der Waals surface area contributed by atoms with Gasteiger partial charge in [0.05, 0.1) is 0 Å². The van der Waals surface area contributed by atoms with Gasteiger partial charge in [0.2, 0.25) is 0 Å². The fraction of sp³-hybridized carbons (Fsp3) is 0.281. The minimum Gasteiger partial charge on any atom is -0.311 e. The Labute approximate surface area is 393 Å². The third kappa shape index (κ3) is 6.57. The highest BCUT2D eigenvalue weighted by Gasteiger charge is 2.39. The maximum atomic E-state index is 2.53. The van der Waals surface area contributed by atoms with Gasteiger partial charge in [-0.2, -0.15) is 0 Å². The van der Waals surface area contributed by atoms with Gasteiger partial charge in [-0.25, -0.2) is 0 Å². The quantitative estimate of drug-likeness (QED) is 0.154. The Morgan fingerprint density at radius 1 is 0.424 bits per heavy atom. The van der Waals surface area contributed by atoms with Crippen molar-refractivity contribution in [3.63, 3.8) is 0 Å². The molecular weight excluding hydrogens is 797 g/mol. The zero-order valence-corrected chi connectivity index (χ0v) is 40.7. The van der Waals surface area contributed by atoms with Gasteiger partial charge in [-0.1, -0.05) is 166 Å². The first kappa shape index (κ1) is 42.3. The lowest BCUT2D eigenvalue weighted by molar-refractivity contribution is 0.593. The Kier molecular flexibility index (Phi) is 9.66. The minimum atomic E-state index is -0.171. The van der Waals surface area contributed by atoms with Crippen molar-refractivity contribution >= 4 is 55.6 Å². The van der Waals surface area contributed by atoms with E-state index in [1.54, 1.807) is 5.57 Å². The minimum absolute atomic E-state index is 0.0104. The van der Waals surface area contributed by atoms with Gasteiger partial charge in [0, 0.05) is 45.0 Å². The summed E-state index contributed by atoms with van der Waals surface area (Å²) in [4.78, 5) is 5.01. The van der Waals surface area contributed by atoms with Crippen LogP contribution in [-0.2, 0) is 21.7 Å². The molecule has 0 fully saturated rings. The van der Waals surface area contributed by atoms with Crippen molar-refractivity contribution in [2.45, 2.75) is 117 Å². The number of hydrogen-bond acceptors (Lipinski definition) is 2. The molecule has 0 atom stereocenters. The van der Waals surface area contributed by atoms with Crippen LogP contribution in [0, 0.1) is 0 Å². The highest BCUT2D eigenvalue weighted by molar-refractivity contribution is 6.10. The van der Waals surface area contributed by atoms with Crippen molar-refractivity contribution in [3.8, 4) is 11.1 Å². The van der Waals surface area contributed by atoms with Crippen LogP contribution in [0.15, 0.2) is 169 Å². The van der Waals surface area contributed by atoms with Crippen LogP contribution in [0.1, 0.15) is 128 Å². The van der Waals surface area contributed by atoms with Gasteiger partial charge in [0.15, 0.2) is 0 Å². The van der Waals surface area contributed by atoms with Crippen LogP contribution in [-0.4, -0.2) is 0 Å². The van der Waals surface area contributed by atoms with Gasteiger partial charge in [0.1, 0.15) is 0 Å². The molecule has 4 aliphatic rings. The molecule has 2 heteroatoms. The summed E-state index contributed by atoms with van der Waals surface area (Å²) in [6.07, 6.45) is 16.2. The number of fused-ring (bicyclic) bond motifs is 7. The fourth-order valence-electron chi connectivity index (χ4n) is 12.3. The monoisotopic (exact) mass is 861 g/mol. The first-order valence-electron chi connectivity index (χ1n) is 24.4. The number of hydrogen-bond donors (Lipinski definition) is 0. The van der Waals surface area contributed by atoms with Crippen LogP contribution in [0.3, 0.4) is 0 Å². The molecule has 330 valence electrons. The SMILES string of the molecule is CC(C)(C)c1c2ccc(N(C3=CCCC=C3)c3ccc4c(c3)C(C)(C)C3=C4C=CCC3)cc2c(C(C)(C)C)c2cc(N(c3ccccc3)c3ccc4c(c3)C(C)(C)c3ccccc3-4)ccc12. The first-order valence-corrected chi connectivity index (χ1v) is 24.4. The van der Waals surface area contributed by atoms with Crippen LogP contribution in [0.4, 0.5) is 28.4 Å². The molecule has 0 unspecified atom stereocenters. The van der Waals surface area contributed by atoms with E-state index in [1.807, 2.05) is 0 Å². The summed E-state index contributed by atoms with van der Waals surface area (Å²) in [5.74, 6) is 0. The largest absolute Gasteiger partial charge is 0.311 e. The summed E-state index contributed by atoms with van der Waals surface area (Å²) < 4.78 is 0. The normalized spacial score (nSPS) is 16.8. The lowest BCUT2D eigenvalue weighted by Gasteiger charge is -2.34. The lowest BCUT2D eigenvalue weighted by atomic mass is 9.74. The molecule has 0 saturated carbocycles. The molecule has 0 saturated heterocycles. The lowest BCUT2D eigenvalue weighted by Crippen LogP contribution is -2.21. The van der Waals surface area contributed by atoms with Crippen LogP contribution in [0.25, 0.3) is 38.2 Å². The van der Waals surface area contributed by atoms with Gasteiger partial charge in [0.25, 0.3) is 0 Å². The van der Waals surface area contributed by atoms with E-state index in [2.05, 4.69) is 237 Å². The van der Waals surface area contributed by atoms with Gasteiger partial charge >= 0.3 is 0 Å². The highest BCUT2D eigenvalue weighted by Crippen LogP contribution is 2.54. The molecule has 4 aliphatic carbocycles. The molecule has 0 N–H and O–H groups in total. The second-order valence-electron chi connectivity index (χ2n) is 22.4. The fourth-order valence-corrected chi connectivity index (χ4v) is 12.3. The zero-order valence-electron chi connectivity index (χ0n) is 40.7. The third-order valence-electron chi connectivity index (χ3n) is 15.3. The maximum absolute atomic E-state index is 2.53. The smallest absolute Gasteiger partial charge is 0.0468 e. The molecule has 0 aliphatic heterocycles. The Bertz CT molecular complexity index is 3260. The van der Waals surface area contributed by atoms with Gasteiger partial charge in [-0.3, -0.25) is 0 Å². The Morgan fingerprint density at radius 2 is 0.955 bits per heavy atom. The number of rotatable bonds is 6. The summed E-state index contributed by atoms with van der Waals surface area (Å²) in [5, 5.41) is 5.31. The number of para-hydroxylation sites is 1. The Balaban J connectivity index is 1.13. The van der Waals surface area contributed by atoms with E-state index >= 15 is 0 Å². The summed E-state index contributed by atoms with van der Waals surface area (Å²) in [6, 6.07) is 49.0. The van der Waals surface area contributed by atoms with Crippen LogP contribution >= 0.6 is 0 Å². The number of anilines is 5. The van der Waals surface area contributed by atoms with Gasteiger partial charge < -0.3 is 9.80 Å². The van der Waals surface area contributed by atoms with E-state index in [4.69, 9.17) is 0 Å². The van der Waals surface area contributed by atoms with E-state index in [1.165, 1.54) is 94.4 Å². The van der Waals surface area contributed by atoms with Crippen LogP contribution in [0.2, 0.25) is 0 Å². The van der Waals surface area contributed by atoms with Crippen molar-refractivity contribution in [1.82, 2.24) is 0 Å². The second kappa shape index (κ2) is 15.1. The molecule has 7 aromatic rings. The third-order valence-corrected chi connectivity index (χ3v) is 15.3. The molecule has 0 radical (unpaired) electrons.